The molecule has 0 aliphatic carbocycles. The van der Waals surface area contributed by atoms with E-state index in [1.54, 1.807) is 0 Å². The van der Waals surface area contributed by atoms with Crippen LogP contribution in [-0.2, 0) is 23.8 Å². The summed E-state index contributed by atoms with van der Waals surface area (Å²) in [6.07, 6.45) is -1.10. The summed E-state index contributed by atoms with van der Waals surface area (Å²) in [6.45, 7) is 2.00. The molecule has 0 amide bonds. The largest absolute Gasteiger partial charge is 0.456 e. The van der Waals surface area contributed by atoms with Gasteiger partial charge in [0.2, 0.25) is 0 Å². The summed E-state index contributed by atoms with van der Waals surface area (Å²) in [5.41, 5.74) is 6.48. The molecule has 3 rings (SSSR count). The van der Waals surface area contributed by atoms with Crippen LogP contribution < -0.4 is 5.73 Å². The van der Waals surface area contributed by atoms with E-state index >= 15 is 0 Å². The van der Waals surface area contributed by atoms with E-state index in [0.717, 1.165) is 0 Å². The number of nitrogen functional groups attached to an aromatic ring is 1. The quantitative estimate of drug-likeness (QED) is 0.667. The summed E-state index contributed by atoms with van der Waals surface area (Å²) >= 11 is 0. The molecule has 2 aromatic rings. The molecule has 0 radical (unpaired) electrons. The van der Waals surface area contributed by atoms with Crippen molar-refractivity contribution in [1.82, 2.24) is 19.5 Å². The molecule has 3 heterocycles. The molecule has 1 saturated heterocycles. The molecule has 25 heavy (non-hydrogen) atoms. The molecule has 0 spiro atoms. The van der Waals surface area contributed by atoms with Crippen LogP contribution in [0.15, 0.2) is 12.7 Å². The Balaban J connectivity index is 2.04. The van der Waals surface area contributed by atoms with E-state index in [2.05, 4.69) is 15.0 Å². The number of rotatable bonds is 4. The third-order valence-corrected chi connectivity index (χ3v) is 3.73. The number of nitrogens with two attached hydrogens (primary N) is 1. The number of hydrogen-bond donors (Lipinski definition) is 2. The van der Waals surface area contributed by atoms with Crippen LogP contribution in [0.5, 0.6) is 0 Å². The highest BCUT2D eigenvalue weighted by Crippen LogP contribution is 2.35. The van der Waals surface area contributed by atoms with Gasteiger partial charge in [0.05, 0.1) is 12.9 Å². The molecule has 0 saturated carbocycles. The van der Waals surface area contributed by atoms with E-state index in [1.165, 1.54) is 31.1 Å². The molecule has 1 aliphatic heterocycles. The summed E-state index contributed by atoms with van der Waals surface area (Å²) in [7, 11) is 0. The number of carbonyl (C=O) groups excluding carboxylic acids is 2. The SMILES string of the molecule is CC(=O)O[C@H]1[C@H](OC(C)=O)[C@@H](n2cnc3c(N)ncnc32)O[C@H]1CO. The lowest BCUT2D eigenvalue weighted by Gasteiger charge is -2.23. The second-order valence-corrected chi connectivity index (χ2v) is 5.48. The number of anilines is 1. The first-order chi connectivity index (χ1) is 11.9. The smallest absolute Gasteiger partial charge is 0.303 e. The molecule has 2 aromatic heterocycles. The number of imidazole rings is 1. The monoisotopic (exact) mass is 351 g/mol. The van der Waals surface area contributed by atoms with Crippen molar-refractivity contribution < 1.29 is 28.9 Å². The number of aliphatic hydroxyl groups excluding tert-OH is 1. The molecular weight excluding hydrogens is 334 g/mol. The lowest BCUT2D eigenvalue weighted by Crippen LogP contribution is -2.40. The Bertz CT molecular complexity index is 808. The van der Waals surface area contributed by atoms with Gasteiger partial charge in [0.15, 0.2) is 29.9 Å². The van der Waals surface area contributed by atoms with E-state index in [4.69, 9.17) is 19.9 Å². The number of aliphatic hydroxyl groups is 1. The van der Waals surface area contributed by atoms with Crippen molar-refractivity contribution in [2.24, 2.45) is 0 Å². The fourth-order valence-electron chi connectivity index (χ4n) is 2.79. The lowest BCUT2D eigenvalue weighted by molar-refractivity contribution is -0.165. The Labute approximate surface area is 141 Å². The van der Waals surface area contributed by atoms with E-state index in [0.29, 0.717) is 11.2 Å². The molecule has 134 valence electrons. The van der Waals surface area contributed by atoms with Gasteiger partial charge in [-0.15, -0.1) is 0 Å². The standard InChI is InChI=1S/C14H17N5O6/c1-6(21)23-10-8(3-20)25-14(11(10)24-7(2)22)19-5-18-9-12(15)16-4-17-13(9)19/h4-5,8,10-11,14,20H,3H2,1-2H3,(H2,15,16,17)/t8-,10+,11-,14-/m0/s1. The molecule has 0 bridgehead atoms. The fraction of sp³-hybridized carbons (Fsp3) is 0.500. The Morgan fingerprint density at radius 2 is 1.92 bits per heavy atom. The predicted octanol–water partition coefficient (Wildman–Crippen LogP) is -0.838. The maximum Gasteiger partial charge on any atom is 0.303 e. The number of hydrogen-bond acceptors (Lipinski definition) is 10. The summed E-state index contributed by atoms with van der Waals surface area (Å²) < 4.78 is 17.7. The van der Waals surface area contributed by atoms with Gasteiger partial charge in [0.1, 0.15) is 17.9 Å². The van der Waals surface area contributed by atoms with Crippen LogP contribution in [0, 0.1) is 0 Å². The van der Waals surface area contributed by atoms with Crippen LogP contribution in [0.2, 0.25) is 0 Å². The molecule has 1 aliphatic rings. The van der Waals surface area contributed by atoms with Crippen LogP contribution in [-0.4, -0.2) is 61.5 Å². The van der Waals surface area contributed by atoms with Crippen molar-refractivity contribution in [3.05, 3.63) is 12.7 Å². The summed E-state index contributed by atoms with van der Waals surface area (Å²) in [4.78, 5) is 35.0. The Morgan fingerprint density at radius 3 is 2.56 bits per heavy atom. The fourth-order valence-corrected chi connectivity index (χ4v) is 2.79. The van der Waals surface area contributed by atoms with E-state index in [9.17, 15) is 14.7 Å². The predicted molar refractivity (Wildman–Crippen MR) is 81.8 cm³/mol. The molecule has 4 atom stereocenters. The number of fused-ring (bicyclic) bond motifs is 1. The number of esters is 2. The Morgan fingerprint density at radius 1 is 1.24 bits per heavy atom. The minimum Gasteiger partial charge on any atom is -0.456 e. The van der Waals surface area contributed by atoms with Gasteiger partial charge in [-0.3, -0.25) is 14.2 Å². The van der Waals surface area contributed by atoms with Gasteiger partial charge in [-0.25, -0.2) is 15.0 Å². The molecule has 0 aromatic carbocycles. The summed E-state index contributed by atoms with van der Waals surface area (Å²) in [5.74, 6) is -0.999. The van der Waals surface area contributed by atoms with E-state index < -0.39 is 43.1 Å². The minimum absolute atomic E-state index is 0.182. The third kappa shape index (κ3) is 3.10. The number of carbonyl (C=O) groups is 2. The van der Waals surface area contributed by atoms with Gasteiger partial charge in [0.25, 0.3) is 0 Å². The second-order valence-electron chi connectivity index (χ2n) is 5.48. The van der Waals surface area contributed by atoms with Gasteiger partial charge in [-0.2, -0.15) is 0 Å². The third-order valence-electron chi connectivity index (χ3n) is 3.73. The van der Waals surface area contributed by atoms with Gasteiger partial charge < -0.3 is 25.1 Å². The number of aromatic nitrogens is 4. The van der Waals surface area contributed by atoms with Gasteiger partial charge in [-0.1, -0.05) is 0 Å². The van der Waals surface area contributed by atoms with Crippen molar-refractivity contribution in [3.63, 3.8) is 0 Å². The van der Waals surface area contributed by atoms with E-state index in [-0.39, 0.29) is 5.82 Å². The molecule has 0 unspecified atom stereocenters. The Hall–Kier alpha value is -2.79. The summed E-state index contributed by atoms with van der Waals surface area (Å²) in [6, 6.07) is 0. The van der Waals surface area contributed by atoms with Crippen molar-refractivity contribution in [2.45, 2.75) is 38.4 Å². The minimum atomic E-state index is -0.993. The number of ether oxygens (including phenoxy) is 3. The first-order valence-electron chi connectivity index (χ1n) is 7.46. The molecule has 3 N–H and O–H groups in total. The average Bonchev–Trinajstić information content (AvgIpc) is 3.10. The number of nitrogens with zero attached hydrogens (tertiary/aromatic N) is 4. The van der Waals surface area contributed by atoms with Crippen LogP contribution in [0.4, 0.5) is 5.82 Å². The highest BCUT2D eigenvalue weighted by atomic mass is 16.6. The van der Waals surface area contributed by atoms with Gasteiger partial charge >= 0.3 is 11.9 Å². The van der Waals surface area contributed by atoms with Crippen molar-refractivity contribution in [2.75, 3.05) is 12.3 Å². The van der Waals surface area contributed by atoms with Gasteiger partial charge in [-0.05, 0) is 0 Å². The van der Waals surface area contributed by atoms with Crippen LogP contribution in [0.3, 0.4) is 0 Å². The van der Waals surface area contributed by atoms with Crippen molar-refractivity contribution in [1.29, 1.82) is 0 Å². The second kappa shape index (κ2) is 6.61. The zero-order chi connectivity index (χ0) is 18.1. The molecule has 11 nitrogen and oxygen atoms in total. The summed E-state index contributed by atoms with van der Waals surface area (Å²) in [5, 5.41) is 9.55. The van der Waals surface area contributed by atoms with Crippen LogP contribution in [0.25, 0.3) is 11.2 Å². The highest BCUT2D eigenvalue weighted by Gasteiger charge is 2.50. The zero-order valence-corrected chi connectivity index (χ0v) is 13.5. The molecule has 1 fully saturated rings. The van der Waals surface area contributed by atoms with Crippen LogP contribution >= 0.6 is 0 Å². The first kappa shape index (κ1) is 17.0. The topological polar surface area (TPSA) is 152 Å². The zero-order valence-electron chi connectivity index (χ0n) is 13.5. The van der Waals surface area contributed by atoms with Crippen molar-refractivity contribution >= 4 is 28.9 Å². The van der Waals surface area contributed by atoms with Crippen molar-refractivity contribution in [3.8, 4) is 0 Å². The molecular formula is C14H17N5O6. The van der Waals surface area contributed by atoms with Gasteiger partial charge in [0, 0.05) is 13.8 Å². The highest BCUT2D eigenvalue weighted by molar-refractivity contribution is 5.81. The average molecular weight is 351 g/mol. The maximum atomic E-state index is 11.5. The normalized spacial score (nSPS) is 25.9. The van der Waals surface area contributed by atoms with Crippen LogP contribution in [0.1, 0.15) is 20.1 Å². The first-order valence-corrected chi connectivity index (χ1v) is 7.46. The molecule has 11 heteroatoms. The van der Waals surface area contributed by atoms with E-state index in [1.807, 2.05) is 0 Å². The lowest BCUT2D eigenvalue weighted by atomic mass is 10.1. The Kier molecular flexibility index (Phi) is 4.51. The maximum absolute atomic E-state index is 11.5.